The second-order valence-electron chi connectivity index (χ2n) is 6.40. The molecule has 1 aliphatic rings. The summed E-state index contributed by atoms with van der Waals surface area (Å²) in [5.41, 5.74) is -1.34. The van der Waals surface area contributed by atoms with Crippen LogP contribution in [-0.2, 0) is 11.0 Å². The number of hydrogen-bond acceptors (Lipinski definition) is 4. The molecule has 1 atom stereocenters. The minimum Gasteiger partial charge on any atom is -0.338 e. The molecular weight excluding hydrogens is 377 g/mol. The van der Waals surface area contributed by atoms with Gasteiger partial charge in [-0.3, -0.25) is 19.8 Å². The highest BCUT2D eigenvalue weighted by molar-refractivity contribution is 5.97. The fourth-order valence-electron chi connectivity index (χ4n) is 2.99. The van der Waals surface area contributed by atoms with E-state index >= 15 is 0 Å². The molecule has 0 saturated carbocycles. The quantitative estimate of drug-likeness (QED) is 0.806. The third-order valence-corrected chi connectivity index (χ3v) is 4.57. The first-order valence-corrected chi connectivity index (χ1v) is 8.93. The van der Waals surface area contributed by atoms with E-state index in [1.54, 1.807) is 18.7 Å². The largest absolute Gasteiger partial charge is 0.417 e. The fourth-order valence-corrected chi connectivity index (χ4v) is 2.99. The highest BCUT2D eigenvalue weighted by atomic mass is 19.4. The van der Waals surface area contributed by atoms with Crippen LogP contribution in [0.1, 0.15) is 29.8 Å². The zero-order valence-corrected chi connectivity index (χ0v) is 15.7. The fraction of sp³-hybridized carbons (Fsp3) is 0.500. The highest BCUT2D eigenvalue weighted by Crippen LogP contribution is 2.32. The Morgan fingerprint density at radius 3 is 2.29 bits per heavy atom. The standard InChI is InChI=1S/C18H23F3N4O3/c1-3-22-17(28)23-15(26)12(2)24-8-10-25(11-9-24)16(27)13-6-4-5-7-14(13)18(19,20)21/h4-7,12H,3,8-11H2,1-2H3,(H2,22,23,26,28). The Morgan fingerprint density at radius 2 is 1.71 bits per heavy atom. The number of benzene rings is 1. The zero-order valence-electron chi connectivity index (χ0n) is 15.7. The predicted molar refractivity (Wildman–Crippen MR) is 95.6 cm³/mol. The number of urea groups is 1. The van der Waals surface area contributed by atoms with Crippen LogP contribution in [0, 0.1) is 0 Å². The normalized spacial score (nSPS) is 16.4. The summed E-state index contributed by atoms with van der Waals surface area (Å²) in [4.78, 5) is 39.2. The van der Waals surface area contributed by atoms with Gasteiger partial charge in [0, 0.05) is 32.7 Å². The van der Waals surface area contributed by atoms with Crippen LogP contribution >= 0.6 is 0 Å². The SMILES string of the molecule is CCNC(=O)NC(=O)C(C)N1CCN(C(=O)c2ccccc2C(F)(F)F)CC1. The maximum absolute atomic E-state index is 13.1. The van der Waals surface area contributed by atoms with Crippen molar-refractivity contribution in [1.82, 2.24) is 20.4 Å². The topological polar surface area (TPSA) is 81.8 Å². The van der Waals surface area contributed by atoms with E-state index in [0.29, 0.717) is 19.6 Å². The lowest BCUT2D eigenvalue weighted by molar-refractivity contribution is -0.138. The van der Waals surface area contributed by atoms with Crippen molar-refractivity contribution in [2.75, 3.05) is 32.7 Å². The number of piperazine rings is 1. The number of rotatable bonds is 4. The zero-order chi connectivity index (χ0) is 20.9. The van der Waals surface area contributed by atoms with Crippen molar-refractivity contribution in [3.8, 4) is 0 Å². The summed E-state index contributed by atoms with van der Waals surface area (Å²) in [5, 5.41) is 4.68. The number of nitrogens with one attached hydrogen (secondary N) is 2. The third-order valence-electron chi connectivity index (χ3n) is 4.57. The highest BCUT2D eigenvalue weighted by Gasteiger charge is 2.36. The van der Waals surface area contributed by atoms with Crippen molar-refractivity contribution in [3.63, 3.8) is 0 Å². The van der Waals surface area contributed by atoms with Crippen LogP contribution in [-0.4, -0.2) is 66.4 Å². The van der Waals surface area contributed by atoms with E-state index in [0.717, 1.165) is 6.07 Å². The lowest BCUT2D eigenvalue weighted by Crippen LogP contribution is -2.56. The van der Waals surface area contributed by atoms with Crippen molar-refractivity contribution in [2.24, 2.45) is 0 Å². The number of imide groups is 1. The van der Waals surface area contributed by atoms with Gasteiger partial charge in [-0.05, 0) is 26.0 Å². The lowest BCUT2D eigenvalue weighted by atomic mass is 10.1. The molecule has 1 heterocycles. The summed E-state index contributed by atoms with van der Waals surface area (Å²) in [7, 11) is 0. The Labute approximate surface area is 160 Å². The number of nitrogens with zero attached hydrogens (tertiary/aromatic N) is 2. The summed E-state index contributed by atoms with van der Waals surface area (Å²) in [6.45, 7) is 4.72. The summed E-state index contributed by atoms with van der Waals surface area (Å²) < 4.78 is 39.4. The molecule has 0 aliphatic carbocycles. The van der Waals surface area contributed by atoms with Gasteiger partial charge in [-0.1, -0.05) is 12.1 Å². The van der Waals surface area contributed by atoms with Gasteiger partial charge in [0.15, 0.2) is 0 Å². The van der Waals surface area contributed by atoms with Crippen LogP contribution in [0.4, 0.5) is 18.0 Å². The second kappa shape index (κ2) is 9.05. The van der Waals surface area contributed by atoms with Crippen LogP contribution < -0.4 is 10.6 Å². The lowest BCUT2D eigenvalue weighted by Gasteiger charge is -2.37. The first kappa shape index (κ1) is 21.7. The number of carbonyl (C=O) groups excluding carboxylic acids is 3. The Morgan fingerprint density at radius 1 is 1.11 bits per heavy atom. The van der Waals surface area contributed by atoms with Crippen molar-refractivity contribution in [3.05, 3.63) is 35.4 Å². The Kier molecular flexibility index (Phi) is 7.00. The van der Waals surface area contributed by atoms with Gasteiger partial charge in [0.2, 0.25) is 5.91 Å². The molecule has 0 aromatic heterocycles. The molecule has 0 radical (unpaired) electrons. The number of halogens is 3. The minimum atomic E-state index is -4.61. The number of carbonyl (C=O) groups is 3. The first-order chi connectivity index (χ1) is 13.1. The van der Waals surface area contributed by atoms with Gasteiger partial charge in [-0.25, -0.2) is 4.79 Å². The maximum atomic E-state index is 13.1. The summed E-state index contributed by atoms with van der Waals surface area (Å²) in [6.07, 6.45) is -4.61. The molecule has 2 rings (SSSR count). The number of hydrogen-bond donors (Lipinski definition) is 2. The van der Waals surface area contributed by atoms with Crippen LogP contribution in [0.5, 0.6) is 0 Å². The summed E-state index contributed by atoms with van der Waals surface area (Å²) >= 11 is 0. The maximum Gasteiger partial charge on any atom is 0.417 e. The average molecular weight is 400 g/mol. The Bertz CT molecular complexity index is 731. The van der Waals surface area contributed by atoms with Gasteiger partial charge >= 0.3 is 12.2 Å². The van der Waals surface area contributed by atoms with Gasteiger partial charge in [0.1, 0.15) is 0 Å². The molecule has 1 fully saturated rings. The van der Waals surface area contributed by atoms with E-state index in [4.69, 9.17) is 0 Å². The second-order valence-corrected chi connectivity index (χ2v) is 6.40. The van der Waals surface area contributed by atoms with Crippen molar-refractivity contribution >= 4 is 17.8 Å². The first-order valence-electron chi connectivity index (χ1n) is 8.93. The molecule has 10 heteroatoms. The molecule has 0 spiro atoms. The summed E-state index contributed by atoms with van der Waals surface area (Å²) in [5.74, 6) is -1.17. The third kappa shape index (κ3) is 5.22. The summed E-state index contributed by atoms with van der Waals surface area (Å²) in [6, 6.07) is 3.50. The van der Waals surface area contributed by atoms with E-state index in [1.165, 1.54) is 23.1 Å². The van der Waals surface area contributed by atoms with Gasteiger partial charge in [-0.15, -0.1) is 0 Å². The van der Waals surface area contributed by atoms with Gasteiger partial charge in [0.25, 0.3) is 5.91 Å². The molecule has 1 saturated heterocycles. The van der Waals surface area contributed by atoms with Crippen LogP contribution in [0.25, 0.3) is 0 Å². The van der Waals surface area contributed by atoms with E-state index in [9.17, 15) is 27.6 Å². The van der Waals surface area contributed by atoms with E-state index in [1.807, 2.05) is 0 Å². The van der Waals surface area contributed by atoms with Gasteiger partial charge < -0.3 is 10.2 Å². The molecule has 0 bridgehead atoms. The van der Waals surface area contributed by atoms with Crippen LogP contribution in [0.15, 0.2) is 24.3 Å². The average Bonchev–Trinajstić information content (AvgIpc) is 2.66. The van der Waals surface area contributed by atoms with Gasteiger partial charge in [-0.2, -0.15) is 13.2 Å². The molecule has 1 aromatic rings. The monoisotopic (exact) mass is 400 g/mol. The predicted octanol–water partition coefficient (Wildman–Crippen LogP) is 1.70. The van der Waals surface area contributed by atoms with Gasteiger partial charge in [0.05, 0.1) is 17.2 Å². The molecule has 154 valence electrons. The Hall–Kier alpha value is -2.62. The molecule has 1 aromatic carbocycles. The van der Waals surface area contributed by atoms with E-state index in [-0.39, 0.29) is 18.7 Å². The smallest absolute Gasteiger partial charge is 0.338 e. The molecule has 1 aliphatic heterocycles. The molecule has 7 nitrogen and oxygen atoms in total. The minimum absolute atomic E-state index is 0.184. The van der Waals surface area contributed by atoms with Crippen molar-refractivity contribution < 1.29 is 27.6 Å². The molecule has 2 N–H and O–H groups in total. The van der Waals surface area contributed by atoms with Crippen LogP contribution in [0.2, 0.25) is 0 Å². The molecule has 4 amide bonds. The number of alkyl halides is 3. The van der Waals surface area contributed by atoms with Crippen LogP contribution in [0.3, 0.4) is 0 Å². The Balaban J connectivity index is 1.98. The molecule has 28 heavy (non-hydrogen) atoms. The van der Waals surface area contributed by atoms with E-state index < -0.39 is 35.6 Å². The van der Waals surface area contributed by atoms with Crippen molar-refractivity contribution in [2.45, 2.75) is 26.1 Å². The van der Waals surface area contributed by atoms with E-state index in [2.05, 4.69) is 10.6 Å². The number of amides is 4. The molecule has 1 unspecified atom stereocenters. The molecular formula is C18H23F3N4O3. The van der Waals surface area contributed by atoms with Crippen molar-refractivity contribution in [1.29, 1.82) is 0 Å².